The number of nitrogens with two attached hydrogens (primary N) is 1. The Balaban J connectivity index is 1.49. The van der Waals surface area contributed by atoms with E-state index in [-0.39, 0.29) is 18.4 Å². The van der Waals surface area contributed by atoms with Crippen molar-refractivity contribution in [3.8, 4) is 0 Å². The molecule has 0 bridgehead atoms. The maximum Gasteiger partial charge on any atom is 0.258 e. The Bertz CT molecular complexity index is 777. The lowest BCUT2D eigenvalue weighted by molar-refractivity contribution is -0.117. The first-order valence-corrected chi connectivity index (χ1v) is 9.85. The second kappa shape index (κ2) is 10.1. The molecule has 1 saturated heterocycles. The normalized spacial score (nSPS) is 15.5. The van der Waals surface area contributed by atoms with Crippen molar-refractivity contribution in [3.63, 3.8) is 0 Å². The molecular weight excluding hydrogens is 356 g/mol. The summed E-state index contributed by atoms with van der Waals surface area (Å²) in [7, 11) is 0. The molecule has 2 heterocycles. The van der Waals surface area contributed by atoms with Crippen LogP contribution in [0.5, 0.6) is 0 Å². The molecule has 0 spiro atoms. The van der Waals surface area contributed by atoms with E-state index in [4.69, 9.17) is 10.2 Å². The highest BCUT2D eigenvalue weighted by atomic mass is 16.3. The minimum atomic E-state index is -0.266. The van der Waals surface area contributed by atoms with E-state index in [0.717, 1.165) is 25.9 Å². The zero-order valence-corrected chi connectivity index (χ0v) is 16.1. The second-order valence-corrected chi connectivity index (χ2v) is 7.13. The van der Waals surface area contributed by atoms with E-state index in [9.17, 15) is 9.59 Å². The molecule has 1 aromatic heterocycles. The number of hydrogen-bond donors (Lipinski definition) is 3. The first kappa shape index (κ1) is 20.1. The highest BCUT2D eigenvalue weighted by molar-refractivity contribution is 6.04. The third kappa shape index (κ3) is 5.94. The molecule has 2 aromatic rings. The predicted molar refractivity (Wildman–Crippen MR) is 109 cm³/mol. The third-order valence-corrected chi connectivity index (χ3v) is 4.86. The Hall–Kier alpha value is -2.64. The largest absolute Gasteiger partial charge is 0.467 e. The topological polar surface area (TPSA) is 101 Å². The SMILES string of the molecule is NCc1cc(C(=O)Nc2ccc(NC(=O)CN3CCCCCCC3)cc2)co1. The molecule has 1 fully saturated rings. The van der Waals surface area contributed by atoms with Gasteiger partial charge in [-0.15, -0.1) is 0 Å². The lowest BCUT2D eigenvalue weighted by Crippen LogP contribution is -2.35. The van der Waals surface area contributed by atoms with Gasteiger partial charge in [0.1, 0.15) is 12.0 Å². The molecular formula is C21H28N4O3. The molecule has 1 aliphatic heterocycles. The minimum Gasteiger partial charge on any atom is -0.467 e. The fourth-order valence-electron chi connectivity index (χ4n) is 3.32. The maximum absolute atomic E-state index is 12.3. The zero-order chi connectivity index (χ0) is 19.8. The molecule has 0 atom stereocenters. The van der Waals surface area contributed by atoms with E-state index < -0.39 is 0 Å². The van der Waals surface area contributed by atoms with Gasteiger partial charge in [0.2, 0.25) is 5.91 Å². The van der Waals surface area contributed by atoms with Crippen molar-refractivity contribution in [1.29, 1.82) is 0 Å². The van der Waals surface area contributed by atoms with Gasteiger partial charge in [-0.1, -0.05) is 19.3 Å². The average molecular weight is 384 g/mol. The van der Waals surface area contributed by atoms with Crippen molar-refractivity contribution in [2.45, 2.75) is 38.6 Å². The number of anilines is 2. The summed E-state index contributed by atoms with van der Waals surface area (Å²) in [5.41, 5.74) is 7.26. The monoisotopic (exact) mass is 384 g/mol. The van der Waals surface area contributed by atoms with Crippen LogP contribution in [0.2, 0.25) is 0 Å². The molecule has 2 amide bonds. The number of rotatable bonds is 6. The number of nitrogens with zero attached hydrogens (tertiary/aromatic N) is 1. The van der Waals surface area contributed by atoms with Crippen LogP contribution >= 0.6 is 0 Å². The molecule has 4 N–H and O–H groups in total. The van der Waals surface area contributed by atoms with Gasteiger partial charge in [-0.05, 0) is 56.3 Å². The summed E-state index contributed by atoms with van der Waals surface area (Å²) < 4.78 is 5.18. The van der Waals surface area contributed by atoms with E-state index in [1.165, 1.54) is 25.5 Å². The summed E-state index contributed by atoms with van der Waals surface area (Å²) in [6.07, 6.45) is 7.50. The van der Waals surface area contributed by atoms with Crippen LogP contribution in [0.25, 0.3) is 0 Å². The molecule has 0 saturated carbocycles. The van der Waals surface area contributed by atoms with Gasteiger partial charge in [0.05, 0.1) is 18.7 Å². The number of benzene rings is 1. The molecule has 7 nitrogen and oxygen atoms in total. The quantitative estimate of drug-likeness (QED) is 0.710. The molecule has 28 heavy (non-hydrogen) atoms. The van der Waals surface area contributed by atoms with Crippen LogP contribution in [0, 0.1) is 0 Å². The first-order valence-electron chi connectivity index (χ1n) is 9.85. The molecule has 1 aliphatic rings. The van der Waals surface area contributed by atoms with Gasteiger partial charge in [0.25, 0.3) is 5.91 Å². The maximum atomic E-state index is 12.3. The van der Waals surface area contributed by atoms with Crippen LogP contribution < -0.4 is 16.4 Å². The van der Waals surface area contributed by atoms with Crippen molar-refractivity contribution in [2.75, 3.05) is 30.3 Å². The Kier molecular flexibility index (Phi) is 7.22. The minimum absolute atomic E-state index is 0.00919. The second-order valence-electron chi connectivity index (χ2n) is 7.13. The van der Waals surface area contributed by atoms with Crippen molar-refractivity contribution >= 4 is 23.2 Å². The summed E-state index contributed by atoms with van der Waals surface area (Å²) >= 11 is 0. The van der Waals surface area contributed by atoms with Crippen LogP contribution in [0.3, 0.4) is 0 Å². The van der Waals surface area contributed by atoms with Gasteiger partial charge in [-0.25, -0.2) is 0 Å². The van der Waals surface area contributed by atoms with Gasteiger partial charge < -0.3 is 20.8 Å². The van der Waals surface area contributed by atoms with Crippen LogP contribution in [-0.4, -0.2) is 36.3 Å². The first-order chi connectivity index (χ1) is 13.6. The van der Waals surface area contributed by atoms with Crippen molar-refractivity contribution in [1.82, 2.24) is 4.90 Å². The Morgan fingerprint density at radius 1 is 0.964 bits per heavy atom. The molecule has 0 aliphatic carbocycles. The molecule has 7 heteroatoms. The van der Waals surface area contributed by atoms with Gasteiger partial charge in [0, 0.05) is 11.4 Å². The Morgan fingerprint density at radius 3 is 2.18 bits per heavy atom. The lowest BCUT2D eigenvalue weighted by Gasteiger charge is -2.23. The number of amides is 2. The zero-order valence-electron chi connectivity index (χ0n) is 16.1. The van der Waals surface area contributed by atoms with Crippen LogP contribution in [0.4, 0.5) is 11.4 Å². The average Bonchev–Trinajstić information content (AvgIpc) is 3.15. The summed E-state index contributed by atoms with van der Waals surface area (Å²) in [6.45, 7) is 2.64. The van der Waals surface area contributed by atoms with Crippen LogP contribution in [0.15, 0.2) is 41.0 Å². The van der Waals surface area contributed by atoms with E-state index in [0.29, 0.717) is 29.2 Å². The number of carbonyl (C=O) groups is 2. The van der Waals surface area contributed by atoms with E-state index >= 15 is 0 Å². The number of carbonyl (C=O) groups excluding carboxylic acids is 2. The standard InChI is InChI=1S/C21H28N4O3/c22-13-19-12-16(15-28-19)21(27)24-18-8-6-17(7-9-18)23-20(26)14-25-10-4-2-1-3-5-11-25/h6-9,12,15H,1-5,10-11,13-14,22H2,(H,23,26)(H,24,27). The number of hydrogen-bond acceptors (Lipinski definition) is 5. The van der Waals surface area contributed by atoms with E-state index in [1.54, 1.807) is 30.3 Å². The molecule has 3 rings (SSSR count). The highest BCUT2D eigenvalue weighted by Gasteiger charge is 2.13. The fourth-order valence-corrected chi connectivity index (χ4v) is 3.32. The Morgan fingerprint density at radius 2 is 1.57 bits per heavy atom. The summed E-state index contributed by atoms with van der Waals surface area (Å²) in [4.78, 5) is 26.7. The lowest BCUT2D eigenvalue weighted by atomic mass is 10.1. The fraction of sp³-hybridized carbons (Fsp3) is 0.429. The van der Waals surface area contributed by atoms with Crippen molar-refractivity contribution < 1.29 is 14.0 Å². The van der Waals surface area contributed by atoms with Gasteiger partial charge >= 0.3 is 0 Å². The molecule has 150 valence electrons. The van der Waals surface area contributed by atoms with Gasteiger partial charge in [-0.2, -0.15) is 0 Å². The number of likely N-dealkylation sites (tertiary alicyclic amines) is 1. The van der Waals surface area contributed by atoms with Crippen LogP contribution in [0.1, 0.15) is 48.2 Å². The van der Waals surface area contributed by atoms with Gasteiger partial charge in [0.15, 0.2) is 0 Å². The summed E-state index contributed by atoms with van der Waals surface area (Å²) in [6, 6.07) is 8.69. The number of furan rings is 1. The van der Waals surface area contributed by atoms with Gasteiger partial charge in [-0.3, -0.25) is 14.5 Å². The van der Waals surface area contributed by atoms with E-state index in [1.807, 2.05) is 0 Å². The highest BCUT2D eigenvalue weighted by Crippen LogP contribution is 2.16. The van der Waals surface area contributed by atoms with Crippen molar-refractivity contribution in [3.05, 3.63) is 47.9 Å². The van der Waals surface area contributed by atoms with E-state index in [2.05, 4.69) is 15.5 Å². The smallest absolute Gasteiger partial charge is 0.258 e. The summed E-state index contributed by atoms with van der Waals surface area (Å²) in [5.74, 6) is 0.283. The molecule has 0 unspecified atom stereocenters. The molecule has 0 radical (unpaired) electrons. The summed E-state index contributed by atoms with van der Waals surface area (Å²) in [5, 5.41) is 5.72. The Labute approximate surface area is 165 Å². The molecule has 1 aromatic carbocycles. The van der Waals surface area contributed by atoms with Crippen LogP contribution in [-0.2, 0) is 11.3 Å². The third-order valence-electron chi connectivity index (χ3n) is 4.86. The van der Waals surface area contributed by atoms with Crippen molar-refractivity contribution in [2.24, 2.45) is 5.73 Å². The number of nitrogens with one attached hydrogen (secondary N) is 2. The predicted octanol–water partition coefficient (Wildman–Crippen LogP) is 3.20.